The Labute approximate surface area is 209 Å². The Morgan fingerprint density at radius 1 is 1.09 bits per heavy atom. The molecule has 9 heteroatoms. The van der Waals surface area contributed by atoms with Crippen molar-refractivity contribution in [3.05, 3.63) is 29.8 Å². The summed E-state index contributed by atoms with van der Waals surface area (Å²) in [6, 6.07) is 8.96. The number of guanidine groups is 1. The lowest BCUT2D eigenvalue weighted by Gasteiger charge is -2.32. The minimum atomic E-state index is 0. The van der Waals surface area contributed by atoms with Gasteiger partial charge in [0, 0.05) is 65.4 Å². The normalized spacial score (nSPS) is 23.1. The van der Waals surface area contributed by atoms with Gasteiger partial charge in [-0.05, 0) is 24.1 Å². The molecule has 4 rings (SSSR count). The number of rotatable bonds is 7. The highest BCUT2D eigenvalue weighted by molar-refractivity contribution is 14.0. The van der Waals surface area contributed by atoms with Crippen LogP contribution in [0.15, 0.2) is 29.3 Å². The summed E-state index contributed by atoms with van der Waals surface area (Å²) in [6.07, 6.45) is 1.19. The predicted molar refractivity (Wildman–Crippen MR) is 137 cm³/mol. The molecular formula is C23H38IN5O3. The molecule has 0 saturated carbocycles. The Balaban J connectivity index is 0.00000289. The molecule has 0 aromatic heterocycles. The Hall–Kier alpha value is -1.14. The fourth-order valence-corrected chi connectivity index (χ4v) is 4.55. The van der Waals surface area contributed by atoms with Crippen LogP contribution in [0, 0.1) is 0 Å². The van der Waals surface area contributed by atoms with E-state index in [1.807, 2.05) is 13.1 Å². The minimum Gasteiger partial charge on any atom is -0.492 e. The first kappa shape index (κ1) is 25.5. The van der Waals surface area contributed by atoms with Crippen LogP contribution < -0.4 is 10.1 Å². The van der Waals surface area contributed by atoms with Crippen molar-refractivity contribution in [2.45, 2.75) is 19.0 Å². The first-order valence-electron chi connectivity index (χ1n) is 11.6. The number of nitrogens with one attached hydrogen (secondary N) is 1. The topological polar surface area (TPSA) is 61.8 Å². The van der Waals surface area contributed by atoms with Crippen LogP contribution in [0.5, 0.6) is 5.75 Å². The number of nitrogens with zero attached hydrogens (tertiary/aromatic N) is 4. The van der Waals surface area contributed by atoms with Gasteiger partial charge in [0.1, 0.15) is 12.4 Å². The Kier molecular flexibility index (Phi) is 10.8. The molecule has 3 aliphatic rings. The maximum absolute atomic E-state index is 6.00. The molecule has 3 heterocycles. The molecule has 1 aromatic rings. The average Bonchev–Trinajstić information content (AvgIpc) is 3.31. The summed E-state index contributed by atoms with van der Waals surface area (Å²) in [4.78, 5) is 11.9. The molecule has 0 radical (unpaired) electrons. The second kappa shape index (κ2) is 13.5. The monoisotopic (exact) mass is 559 g/mol. The standard InChI is InChI=1S/C23H37N5O3.HI/c1-24-23(28-6-5-21(19-28)27-10-14-30-15-11-27)25-18-20-3-2-4-22(17-20)31-16-9-26-7-12-29-13-8-26;/h2-4,17,21H,5-16,18-19H2,1H3,(H,24,25);1H. The fraction of sp³-hybridized carbons (Fsp3) is 0.696. The van der Waals surface area contributed by atoms with Crippen molar-refractivity contribution in [2.24, 2.45) is 4.99 Å². The van der Waals surface area contributed by atoms with Crippen LogP contribution in [0.1, 0.15) is 12.0 Å². The molecule has 180 valence electrons. The van der Waals surface area contributed by atoms with Crippen LogP contribution >= 0.6 is 24.0 Å². The summed E-state index contributed by atoms with van der Waals surface area (Å²) < 4.78 is 16.9. The molecule has 32 heavy (non-hydrogen) atoms. The molecule has 0 amide bonds. The fourth-order valence-electron chi connectivity index (χ4n) is 4.55. The lowest BCUT2D eigenvalue weighted by molar-refractivity contribution is 0.0195. The summed E-state index contributed by atoms with van der Waals surface area (Å²) in [5.41, 5.74) is 1.20. The van der Waals surface area contributed by atoms with Crippen molar-refractivity contribution < 1.29 is 14.2 Å². The molecule has 8 nitrogen and oxygen atoms in total. The van der Waals surface area contributed by atoms with Gasteiger partial charge in [0.15, 0.2) is 5.96 Å². The van der Waals surface area contributed by atoms with Gasteiger partial charge in [-0.15, -0.1) is 24.0 Å². The molecule has 0 spiro atoms. The van der Waals surface area contributed by atoms with Crippen LogP contribution in [0.4, 0.5) is 0 Å². The second-order valence-corrected chi connectivity index (χ2v) is 8.39. The van der Waals surface area contributed by atoms with E-state index in [9.17, 15) is 0 Å². The van der Waals surface area contributed by atoms with Gasteiger partial charge in [-0.1, -0.05) is 12.1 Å². The van der Waals surface area contributed by atoms with Crippen LogP contribution in [0.2, 0.25) is 0 Å². The van der Waals surface area contributed by atoms with Gasteiger partial charge in [0.05, 0.1) is 26.4 Å². The summed E-state index contributed by atoms with van der Waals surface area (Å²) in [7, 11) is 1.87. The van der Waals surface area contributed by atoms with Gasteiger partial charge in [-0.25, -0.2) is 0 Å². The zero-order valence-corrected chi connectivity index (χ0v) is 21.5. The van der Waals surface area contributed by atoms with Crippen LogP contribution in [0.25, 0.3) is 0 Å². The van der Waals surface area contributed by atoms with E-state index in [4.69, 9.17) is 14.2 Å². The maximum atomic E-state index is 6.00. The lowest BCUT2D eigenvalue weighted by atomic mass is 10.2. The molecule has 1 N–H and O–H groups in total. The average molecular weight is 559 g/mol. The summed E-state index contributed by atoms with van der Waals surface area (Å²) >= 11 is 0. The van der Waals surface area contributed by atoms with E-state index in [2.05, 4.69) is 43.2 Å². The highest BCUT2D eigenvalue weighted by atomic mass is 127. The largest absolute Gasteiger partial charge is 0.492 e. The smallest absolute Gasteiger partial charge is 0.193 e. The van der Waals surface area contributed by atoms with Gasteiger partial charge in [-0.3, -0.25) is 14.8 Å². The summed E-state index contributed by atoms with van der Waals surface area (Å²) in [6.45, 7) is 11.9. The third kappa shape index (κ3) is 7.44. The zero-order chi connectivity index (χ0) is 21.3. The van der Waals surface area contributed by atoms with Gasteiger partial charge in [0.2, 0.25) is 0 Å². The van der Waals surface area contributed by atoms with Gasteiger partial charge >= 0.3 is 0 Å². The predicted octanol–water partition coefficient (Wildman–Crippen LogP) is 1.50. The molecule has 3 aliphatic heterocycles. The molecule has 3 fully saturated rings. The van der Waals surface area contributed by atoms with E-state index in [0.717, 1.165) is 90.5 Å². The highest BCUT2D eigenvalue weighted by Crippen LogP contribution is 2.18. The van der Waals surface area contributed by atoms with E-state index < -0.39 is 0 Å². The molecule has 1 aromatic carbocycles. The van der Waals surface area contributed by atoms with Crippen LogP contribution in [-0.2, 0) is 16.0 Å². The lowest BCUT2D eigenvalue weighted by Crippen LogP contribution is -2.46. The van der Waals surface area contributed by atoms with Crippen molar-refractivity contribution in [2.75, 3.05) is 85.9 Å². The molecule has 0 aliphatic carbocycles. The van der Waals surface area contributed by atoms with Crippen molar-refractivity contribution in [1.82, 2.24) is 20.0 Å². The Morgan fingerprint density at radius 3 is 2.59 bits per heavy atom. The zero-order valence-electron chi connectivity index (χ0n) is 19.2. The number of benzene rings is 1. The minimum absolute atomic E-state index is 0. The first-order chi connectivity index (χ1) is 15.3. The van der Waals surface area contributed by atoms with Crippen molar-refractivity contribution >= 4 is 29.9 Å². The van der Waals surface area contributed by atoms with Crippen LogP contribution in [0.3, 0.4) is 0 Å². The summed E-state index contributed by atoms with van der Waals surface area (Å²) in [5.74, 6) is 1.91. The molecular weight excluding hydrogens is 521 g/mol. The van der Waals surface area contributed by atoms with Crippen molar-refractivity contribution in [3.8, 4) is 5.75 Å². The number of halogens is 1. The molecule has 3 saturated heterocycles. The van der Waals surface area contributed by atoms with Gasteiger partial charge in [0.25, 0.3) is 0 Å². The highest BCUT2D eigenvalue weighted by Gasteiger charge is 2.30. The number of aliphatic imine (C=N–C) groups is 1. The SMILES string of the molecule is CN=C(NCc1cccc(OCCN2CCOCC2)c1)N1CCC(N2CCOCC2)C1.I. The van der Waals surface area contributed by atoms with E-state index in [1.165, 1.54) is 12.0 Å². The maximum Gasteiger partial charge on any atom is 0.193 e. The van der Waals surface area contributed by atoms with E-state index >= 15 is 0 Å². The third-order valence-corrected chi connectivity index (χ3v) is 6.37. The molecule has 1 unspecified atom stereocenters. The molecule has 0 bridgehead atoms. The van der Waals surface area contributed by atoms with Crippen molar-refractivity contribution in [3.63, 3.8) is 0 Å². The first-order valence-corrected chi connectivity index (χ1v) is 11.6. The van der Waals surface area contributed by atoms with Crippen molar-refractivity contribution in [1.29, 1.82) is 0 Å². The van der Waals surface area contributed by atoms with Crippen LogP contribution in [-0.4, -0.2) is 113 Å². The number of likely N-dealkylation sites (tertiary alicyclic amines) is 1. The van der Waals surface area contributed by atoms with E-state index in [0.29, 0.717) is 12.6 Å². The quantitative estimate of drug-likeness (QED) is 0.309. The van der Waals surface area contributed by atoms with E-state index in [-0.39, 0.29) is 24.0 Å². The second-order valence-electron chi connectivity index (χ2n) is 8.39. The van der Waals surface area contributed by atoms with Gasteiger partial charge < -0.3 is 24.4 Å². The van der Waals surface area contributed by atoms with Gasteiger partial charge in [-0.2, -0.15) is 0 Å². The number of morpholine rings is 2. The summed E-state index contributed by atoms with van der Waals surface area (Å²) in [5, 5.41) is 3.54. The molecule has 1 atom stereocenters. The number of hydrogen-bond acceptors (Lipinski definition) is 6. The third-order valence-electron chi connectivity index (χ3n) is 6.37. The Morgan fingerprint density at radius 2 is 1.84 bits per heavy atom. The van der Waals surface area contributed by atoms with E-state index in [1.54, 1.807) is 0 Å². The number of ether oxygens (including phenoxy) is 3. The Bertz CT molecular complexity index is 711. The number of hydrogen-bond donors (Lipinski definition) is 1.